The summed E-state index contributed by atoms with van der Waals surface area (Å²) < 4.78 is 18.4. The van der Waals surface area contributed by atoms with Crippen LogP contribution in [0, 0.1) is 0 Å². The van der Waals surface area contributed by atoms with Crippen LogP contribution < -0.4 is 19.5 Å². The number of urea groups is 1. The van der Waals surface area contributed by atoms with Crippen LogP contribution in [0.15, 0.2) is 63.0 Å². The summed E-state index contributed by atoms with van der Waals surface area (Å²) in [6.45, 7) is 2.51. The fraction of sp³-hybridized carbons (Fsp3) is 0.207. The van der Waals surface area contributed by atoms with Gasteiger partial charge in [-0.05, 0) is 70.4 Å². The lowest BCUT2D eigenvalue weighted by Crippen LogP contribution is -2.53. The SMILES string of the molecule is CCCOc1ccc(CN2C(=O)NC(=O)/C(=C\c3cc(Br)cc(Br)c3OCc3ccc(Cl)cc3Cl)C2=O)cc1OC. The van der Waals surface area contributed by atoms with Crippen LogP contribution in [-0.2, 0) is 22.7 Å². The summed E-state index contributed by atoms with van der Waals surface area (Å²) in [5.41, 5.74) is 1.48. The highest BCUT2D eigenvalue weighted by Crippen LogP contribution is 2.36. The molecule has 214 valence electrons. The van der Waals surface area contributed by atoms with Gasteiger partial charge in [0.15, 0.2) is 11.5 Å². The molecule has 0 radical (unpaired) electrons. The van der Waals surface area contributed by atoms with Gasteiger partial charge in [-0.1, -0.05) is 58.2 Å². The van der Waals surface area contributed by atoms with E-state index >= 15 is 0 Å². The zero-order valence-electron chi connectivity index (χ0n) is 21.9. The summed E-state index contributed by atoms with van der Waals surface area (Å²) in [5, 5.41) is 3.17. The monoisotopic (exact) mass is 724 g/mol. The highest BCUT2D eigenvalue weighted by molar-refractivity contribution is 9.11. The number of amides is 4. The molecule has 8 nitrogen and oxygen atoms in total. The van der Waals surface area contributed by atoms with E-state index in [0.29, 0.717) is 59.5 Å². The van der Waals surface area contributed by atoms with Crippen LogP contribution in [0.3, 0.4) is 0 Å². The third-order valence-electron chi connectivity index (χ3n) is 5.94. The third kappa shape index (κ3) is 7.43. The number of nitrogens with one attached hydrogen (secondary N) is 1. The quantitative estimate of drug-likeness (QED) is 0.171. The predicted octanol–water partition coefficient (Wildman–Crippen LogP) is 7.56. The molecule has 1 N–H and O–H groups in total. The molecule has 1 saturated heterocycles. The van der Waals surface area contributed by atoms with Crippen molar-refractivity contribution in [2.45, 2.75) is 26.5 Å². The second-order valence-corrected chi connectivity index (χ2v) is 11.5. The van der Waals surface area contributed by atoms with Gasteiger partial charge in [-0.15, -0.1) is 0 Å². The molecule has 4 amide bonds. The number of carbonyl (C=O) groups is 3. The Morgan fingerprint density at radius 2 is 1.76 bits per heavy atom. The van der Waals surface area contributed by atoms with Gasteiger partial charge in [0.25, 0.3) is 11.8 Å². The molecule has 3 aromatic carbocycles. The molecular formula is C29H24Br2Cl2N2O6. The summed E-state index contributed by atoms with van der Waals surface area (Å²) in [7, 11) is 1.51. The number of methoxy groups -OCH3 is 1. The number of rotatable bonds is 10. The molecule has 0 saturated carbocycles. The zero-order valence-corrected chi connectivity index (χ0v) is 26.6. The predicted molar refractivity (Wildman–Crippen MR) is 163 cm³/mol. The molecule has 1 heterocycles. The standard InChI is InChI=1S/C29H24Br2Cl2N2O6/c1-3-8-40-24-7-4-16(9-25(24)39-2)14-35-28(37)21(27(36)34-29(35)38)11-18-10-19(30)12-22(31)26(18)41-15-17-5-6-20(32)13-23(17)33/h4-7,9-13H,3,8,14-15H2,1-2H3,(H,34,36,38)/b21-11+. The first-order valence-electron chi connectivity index (χ1n) is 12.4. The Balaban J connectivity index is 1.63. The second-order valence-electron chi connectivity index (χ2n) is 8.87. The first-order chi connectivity index (χ1) is 19.6. The number of hydrogen-bond donors (Lipinski definition) is 1. The van der Waals surface area contributed by atoms with Crippen LogP contribution in [0.25, 0.3) is 6.08 Å². The maximum atomic E-state index is 13.5. The molecule has 4 rings (SSSR count). The Morgan fingerprint density at radius 3 is 2.46 bits per heavy atom. The number of benzene rings is 3. The number of nitrogens with zero attached hydrogens (tertiary/aromatic N) is 1. The number of hydrogen-bond acceptors (Lipinski definition) is 6. The van der Waals surface area contributed by atoms with Crippen LogP contribution in [0.5, 0.6) is 17.2 Å². The molecule has 1 aliphatic rings. The van der Waals surface area contributed by atoms with E-state index in [1.165, 1.54) is 13.2 Å². The average molecular weight is 727 g/mol. The van der Waals surface area contributed by atoms with Gasteiger partial charge < -0.3 is 14.2 Å². The fourth-order valence-corrected chi connectivity index (χ4v) is 5.78. The van der Waals surface area contributed by atoms with E-state index in [-0.39, 0.29) is 18.7 Å². The summed E-state index contributed by atoms with van der Waals surface area (Å²) in [5.74, 6) is -0.194. The minimum absolute atomic E-state index is 0.0942. The van der Waals surface area contributed by atoms with Crippen molar-refractivity contribution >= 4 is 79.0 Å². The fourth-order valence-electron chi connectivity index (χ4n) is 3.95. The second kappa shape index (κ2) is 13.7. The number of ether oxygens (including phenoxy) is 3. The van der Waals surface area contributed by atoms with Crippen molar-refractivity contribution in [2.75, 3.05) is 13.7 Å². The van der Waals surface area contributed by atoms with E-state index in [4.69, 9.17) is 37.4 Å². The molecule has 0 spiro atoms. The largest absolute Gasteiger partial charge is 0.493 e. The van der Waals surface area contributed by atoms with E-state index in [0.717, 1.165) is 11.3 Å². The summed E-state index contributed by atoms with van der Waals surface area (Å²) in [6, 6.07) is 12.8. The summed E-state index contributed by atoms with van der Waals surface area (Å²) >= 11 is 19.2. The number of halogens is 4. The highest BCUT2D eigenvalue weighted by atomic mass is 79.9. The van der Waals surface area contributed by atoms with Crippen molar-refractivity contribution in [3.05, 3.63) is 89.8 Å². The highest BCUT2D eigenvalue weighted by Gasteiger charge is 2.36. The molecule has 0 aliphatic carbocycles. The van der Waals surface area contributed by atoms with Crippen LogP contribution in [0.4, 0.5) is 4.79 Å². The molecular weight excluding hydrogens is 703 g/mol. The number of barbiturate groups is 1. The Labute approximate surface area is 263 Å². The first-order valence-corrected chi connectivity index (χ1v) is 14.7. The van der Waals surface area contributed by atoms with Crippen LogP contribution >= 0.6 is 55.1 Å². The van der Waals surface area contributed by atoms with Gasteiger partial charge in [-0.25, -0.2) is 4.79 Å². The molecule has 1 fully saturated rings. The number of carbonyl (C=O) groups excluding carboxylic acids is 3. The van der Waals surface area contributed by atoms with Gasteiger partial charge in [-0.3, -0.25) is 19.8 Å². The van der Waals surface area contributed by atoms with Gasteiger partial charge in [0.1, 0.15) is 17.9 Å². The van der Waals surface area contributed by atoms with Gasteiger partial charge in [0, 0.05) is 25.6 Å². The maximum absolute atomic E-state index is 13.5. The molecule has 0 aromatic heterocycles. The van der Waals surface area contributed by atoms with Crippen LogP contribution in [0.2, 0.25) is 10.0 Å². The van der Waals surface area contributed by atoms with Gasteiger partial charge in [0.05, 0.1) is 24.7 Å². The van der Waals surface area contributed by atoms with Crippen molar-refractivity contribution in [2.24, 2.45) is 0 Å². The Bertz CT molecular complexity index is 1550. The lowest BCUT2D eigenvalue weighted by molar-refractivity contribution is -0.130. The molecule has 0 bridgehead atoms. The molecule has 0 atom stereocenters. The first kappa shape index (κ1) is 30.9. The van der Waals surface area contributed by atoms with E-state index < -0.39 is 17.8 Å². The van der Waals surface area contributed by atoms with Crippen LogP contribution in [0.1, 0.15) is 30.0 Å². The summed E-state index contributed by atoms with van der Waals surface area (Å²) in [6.07, 6.45) is 2.21. The van der Waals surface area contributed by atoms with Crippen LogP contribution in [-0.4, -0.2) is 36.5 Å². The minimum atomic E-state index is -0.827. The van der Waals surface area contributed by atoms with E-state index in [1.54, 1.807) is 48.5 Å². The van der Waals surface area contributed by atoms with Gasteiger partial charge >= 0.3 is 6.03 Å². The summed E-state index contributed by atoms with van der Waals surface area (Å²) in [4.78, 5) is 40.0. The Morgan fingerprint density at radius 1 is 0.976 bits per heavy atom. The zero-order chi connectivity index (χ0) is 29.7. The lowest BCUT2D eigenvalue weighted by Gasteiger charge is -2.27. The Hall–Kier alpha value is -3.05. The third-order valence-corrected chi connectivity index (χ3v) is 7.57. The molecule has 0 unspecified atom stereocenters. The van der Waals surface area contributed by atoms with Crippen molar-refractivity contribution in [1.29, 1.82) is 0 Å². The van der Waals surface area contributed by atoms with E-state index in [1.807, 2.05) is 6.92 Å². The van der Waals surface area contributed by atoms with E-state index in [2.05, 4.69) is 37.2 Å². The molecule has 12 heteroatoms. The van der Waals surface area contributed by atoms with Crippen molar-refractivity contribution in [3.8, 4) is 17.2 Å². The minimum Gasteiger partial charge on any atom is -0.493 e. The Kier molecular flexibility index (Phi) is 10.4. The molecule has 3 aromatic rings. The van der Waals surface area contributed by atoms with Crippen molar-refractivity contribution < 1.29 is 28.6 Å². The van der Waals surface area contributed by atoms with Crippen molar-refractivity contribution in [1.82, 2.24) is 10.2 Å². The number of imide groups is 2. The average Bonchev–Trinajstić information content (AvgIpc) is 2.92. The molecule has 1 aliphatic heterocycles. The van der Waals surface area contributed by atoms with Gasteiger partial charge in [-0.2, -0.15) is 0 Å². The topological polar surface area (TPSA) is 94.2 Å². The molecule has 41 heavy (non-hydrogen) atoms. The maximum Gasteiger partial charge on any atom is 0.331 e. The van der Waals surface area contributed by atoms with Gasteiger partial charge in [0.2, 0.25) is 0 Å². The normalized spacial score (nSPS) is 14.3. The smallest absolute Gasteiger partial charge is 0.331 e. The lowest BCUT2D eigenvalue weighted by atomic mass is 10.1. The van der Waals surface area contributed by atoms with Crippen molar-refractivity contribution in [3.63, 3.8) is 0 Å². The van der Waals surface area contributed by atoms with E-state index in [9.17, 15) is 14.4 Å².